The molecule has 1 unspecified atom stereocenters. The fourth-order valence-electron chi connectivity index (χ4n) is 2.73. The fourth-order valence-corrected chi connectivity index (χ4v) is 2.73. The molecule has 2 aromatic heterocycles. The van der Waals surface area contributed by atoms with E-state index in [2.05, 4.69) is 20.6 Å². The zero-order valence-corrected chi connectivity index (χ0v) is 15.1. The van der Waals surface area contributed by atoms with Crippen molar-refractivity contribution >= 4 is 16.9 Å². The first kappa shape index (κ1) is 17.9. The lowest BCUT2D eigenvalue weighted by molar-refractivity contribution is 0.0386. The number of rotatable bonds is 6. The molecular formula is C20H24N4O2. The van der Waals surface area contributed by atoms with Gasteiger partial charge in [0.25, 0.3) is 0 Å². The molecule has 1 atom stereocenters. The monoisotopic (exact) mass is 352 g/mol. The number of hydrogen-bond donors (Lipinski definition) is 3. The Hall–Kier alpha value is -2.86. The third-order valence-corrected chi connectivity index (χ3v) is 4.12. The highest BCUT2D eigenvalue weighted by Gasteiger charge is 2.26. The van der Waals surface area contributed by atoms with Crippen LogP contribution in [0.15, 0.2) is 64.3 Å². The number of nitrogens with one attached hydrogen (secondary N) is 2. The predicted octanol–water partition coefficient (Wildman–Crippen LogP) is 2.79. The van der Waals surface area contributed by atoms with Crippen LogP contribution in [0.4, 0.5) is 0 Å². The standard InChI is InChI=1S/C20H24N4O2/c1-3-21-19(24-14-20(2,25)17-10-6-12-26-17)23-13-16-8-4-7-15-9-5-11-22-18(15)16/h4-12,25H,3,13-14H2,1-2H3,(H2,21,23,24). The molecule has 0 amide bonds. The van der Waals surface area contributed by atoms with Gasteiger partial charge in [0.1, 0.15) is 11.4 Å². The van der Waals surface area contributed by atoms with Crippen molar-refractivity contribution in [3.63, 3.8) is 0 Å². The Morgan fingerprint density at radius 2 is 2.04 bits per heavy atom. The fraction of sp³-hybridized carbons (Fsp3) is 0.300. The summed E-state index contributed by atoms with van der Waals surface area (Å²) in [7, 11) is 0. The lowest BCUT2D eigenvalue weighted by atomic mass is 10.0. The average molecular weight is 352 g/mol. The number of furan rings is 1. The van der Waals surface area contributed by atoms with Crippen LogP contribution in [0, 0.1) is 0 Å². The molecule has 26 heavy (non-hydrogen) atoms. The summed E-state index contributed by atoms with van der Waals surface area (Å²) >= 11 is 0. The number of hydrogen-bond acceptors (Lipinski definition) is 4. The number of guanidine groups is 1. The normalized spacial score (nSPS) is 14.2. The SMILES string of the molecule is CCNC(=NCc1cccc2cccnc12)NCC(C)(O)c1ccco1. The predicted molar refractivity (Wildman–Crippen MR) is 103 cm³/mol. The quantitative estimate of drug-likeness (QED) is 0.469. The Kier molecular flexibility index (Phi) is 5.53. The van der Waals surface area contributed by atoms with Gasteiger partial charge in [0.05, 0.1) is 24.9 Å². The average Bonchev–Trinajstić information content (AvgIpc) is 3.20. The van der Waals surface area contributed by atoms with E-state index >= 15 is 0 Å². The summed E-state index contributed by atoms with van der Waals surface area (Å²) < 4.78 is 5.31. The van der Waals surface area contributed by atoms with E-state index in [1.165, 1.54) is 0 Å². The van der Waals surface area contributed by atoms with Crippen LogP contribution < -0.4 is 10.6 Å². The van der Waals surface area contributed by atoms with E-state index in [-0.39, 0.29) is 6.54 Å². The molecule has 3 N–H and O–H groups in total. The number of para-hydroxylation sites is 1. The first-order chi connectivity index (χ1) is 12.6. The smallest absolute Gasteiger partial charge is 0.191 e. The van der Waals surface area contributed by atoms with Gasteiger partial charge in [-0.25, -0.2) is 4.99 Å². The van der Waals surface area contributed by atoms with Crippen LogP contribution in [0.1, 0.15) is 25.2 Å². The van der Waals surface area contributed by atoms with Gasteiger partial charge in [-0.15, -0.1) is 0 Å². The van der Waals surface area contributed by atoms with E-state index in [1.54, 1.807) is 31.5 Å². The van der Waals surface area contributed by atoms with Gasteiger partial charge < -0.3 is 20.2 Å². The molecule has 0 saturated heterocycles. The van der Waals surface area contributed by atoms with E-state index < -0.39 is 5.60 Å². The van der Waals surface area contributed by atoms with E-state index in [0.29, 0.717) is 18.3 Å². The van der Waals surface area contributed by atoms with E-state index in [9.17, 15) is 5.11 Å². The highest BCUT2D eigenvalue weighted by Crippen LogP contribution is 2.20. The Bertz CT molecular complexity index is 867. The summed E-state index contributed by atoms with van der Waals surface area (Å²) in [5, 5.41) is 18.0. The van der Waals surface area contributed by atoms with Crippen LogP contribution in [-0.4, -0.2) is 29.1 Å². The highest BCUT2D eigenvalue weighted by atomic mass is 16.4. The molecule has 0 aliphatic heterocycles. The van der Waals surface area contributed by atoms with Crippen LogP contribution in [0.5, 0.6) is 0 Å². The van der Waals surface area contributed by atoms with Crippen molar-refractivity contribution < 1.29 is 9.52 Å². The maximum absolute atomic E-state index is 10.6. The van der Waals surface area contributed by atoms with Crippen molar-refractivity contribution in [1.29, 1.82) is 0 Å². The second kappa shape index (κ2) is 8.01. The topological polar surface area (TPSA) is 82.7 Å². The number of benzene rings is 1. The van der Waals surface area contributed by atoms with Crippen molar-refractivity contribution in [3.05, 3.63) is 66.2 Å². The molecule has 0 fully saturated rings. The molecule has 6 nitrogen and oxygen atoms in total. The van der Waals surface area contributed by atoms with Crippen molar-refractivity contribution in [2.24, 2.45) is 4.99 Å². The molecule has 0 aliphatic rings. The summed E-state index contributed by atoms with van der Waals surface area (Å²) in [5.41, 5.74) is 0.885. The lowest BCUT2D eigenvalue weighted by Crippen LogP contribution is -2.44. The zero-order chi connectivity index (χ0) is 18.4. The molecule has 0 radical (unpaired) electrons. The Morgan fingerprint density at radius 1 is 1.19 bits per heavy atom. The van der Waals surface area contributed by atoms with Gasteiger partial charge in [0.2, 0.25) is 0 Å². The van der Waals surface area contributed by atoms with Gasteiger partial charge >= 0.3 is 0 Å². The molecule has 6 heteroatoms. The lowest BCUT2D eigenvalue weighted by Gasteiger charge is -2.22. The number of nitrogens with zero attached hydrogens (tertiary/aromatic N) is 2. The first-order valence-electron chi connectivity index (χ1n) is 8.71. The molecular weight excluding hydrogens is 328 g/mol. The van der Waals surface area contributed by atoms with Gasteiger partial charge in [-0.2, -0.15) is 0 Å². The summed E-state index contributed by atoms with van der Waals surface area (Å²) in [6, 6.07) is 13.6. The van der Waals surface area contributed by atoms with E-state index in [0.717, 1.165) is 23.0 Å². The number of fused-ring (bicyclic) bond motifs is 1. The van der Waals surface area contributed by atoms with E-state index in [1.807, 2.05) is 37.3 Å². The second-order valence-electron chi connectivity index (χ2n) is 6.29. The van der Waals surface area contributed by atoms with Crippen LogP contribution in [0.3, 0.4) is 0 Å². The van der Waals surface area contributed by atoms with Crippen molar-refractivity contribution in [3.8, 4) is 0 Å². The minimum absolute atomic E-state index is 0.278. The van der Waals surface area contributed by atoms with Gasteiger partial charge in [0.15, 0.2) is 5.96 Å². The molecule has 0 aliphatic carbocycles. The molecule has 0 saturated carbocycles. The highest BCUT2D eigenvalue weighted by molar-refractivity contribution is 5.83. The van der Waals surface area contributed by atoms with Gasteiger partial charge in [-0.1, -0.05) is 24.3 Å². The molecule has 3 rings (SSSR count). The number of aliphatic imine (C=N–C) groups is 1. The minimum Gasteiger partial charge on any atom is -0.466 e. The first-order valence-corrected chi connectivity index (χ1v) is 8.71. The van der Waals surface area contributed by atoms with Crippen molar-refractivity contribution in [2.75, 3.05) is 13.1 Å². The summed E-state index contributed by atoms with van der Waals surface area (Å²) in [5.74, 6) is 1.14. The maximum atomic E-state index is 10.6. The largest absolute Gasteiger partial charge is 0.466 e. The second-order valence-corrected chi connectivity index (χ2v) is 6.29. The molecule has 136 valence electrons. The Morgan fingerprint density at radius 3 is 2.81 bits per heavy atom. The van der Waals surface area contributed by atoms with Gasteiger partial charge in [-0.05, 0) is 37.6 Å². The van der Waals surface area contributed by atoms with E-state index in [4.69, 9.17) is 4.42 Å². The molecule has 3 aromatic rings. The maximum Gasteiger partial charge on any atom is 0.191 e. The third-order valence-electron chi connectivity index (χ3n) is 4.12. The summed E-state index contributed by atoms with van der Waals surface area (Å²) in [4.78, 5) is 9.09. The molecule has 0 bridgehead atoms. The van der Waals surface area contributed by atoms with Crippen LogP contribution >= 0.6 is 0 Å². The Balaban J connectivity index is 1.73. The van der Waals surface area contributed by atoms with Crippen LogP contribution in [-0.2, 0) is 12.1 Å². The summed E-state index contributed by atoms with van der Waals surface area (Å²) in [6.45, 7) is 5.20. The van der Waals surface area contributed by atoms with Crippen LogP contribution in [0.2, 0.25) is 0 Å². The van der Waals surface area contributed by atoms with Crippen LogP contribution in [0.25, 0.3) is 10.9 Å². The Labute approximate surface area is 153 Å². The molecule has 0 spiro atoms. The number of pyridine rings is 1. The zero-order valence-electron chi connectivity index (χ0n) is 15.1. The van der Waals surface area contributed by atoms with Crippen molar-refractivity contribution in [2.45, 2.75) is 26.0 Å². The number of aliphatic hydroxyl groups is 1. The van der Waals surface area contributed by atoms with Gasteiger partial charge in [-0.3, -0.25) is 4.98 Å². The van der Waals surface area contributed by atoms with Gasteiger partial charge in [0, 0.05) is 18.1 Å². The third kappa shape index (κ3) is 4.21. The number of aromatic nitrogens is 1. The summed E-state index contributed by atoms with van der Waals surface area (Å²) in [6.07, 6.45) is 3.34. The molecule has 2 heterocycles. The van der Waals surface area contributed by atoms with Crippen molar-refractivity contribution in [1.82, 2.24) is 15.6 Å². The minimum atomic E-state index is -1.12. The molecule has 1 aromatic carbocycles.